The molecule has 0 aliphatic carbocycles. The van der Waals surface area contributed by atoms with E-state index in [1.807, 2.05) is 32.0 Å². The molecule has 1 fully saturated rings. The number of nitrogens with one attached hydrogen (secondary N) is 1. The van der Waals surface area contributed by atoms with Crippen LogP contribution in [0, 0.1) is 13.8 Å². The predicted octanol–water partition coefficient (Wildman–Crippen LogP) is 7.14. The molecule has 3 aromatic carbocycles. The van der Waals surface area contributed by atoms with E-state index in [0.717, 1.165) is 39.9 Å². The average molecular weight is 587 g/mol. The van der Waals surface area contributed by atoms with Crippen molar-refractivity contribution in [3.8, 4) is 11.5 Å². The van der Waals surface area contributed by atoms with Crippen LogP contribution in [0.25, 0.3) is 6.08 Å². The van der Waals surface area contributed by atoms with E-state index in [-0.39, 0.29) is 27.4 Å². The van der Waals surface area contributed by atoms with Crippen molar-refractivity contribution in [2.24, 2.45) is 0 Å². The van der Waals surface area contributed by atoms with Crippen molar-refractivity contribution in [1.29, 1.82) is 0 Å². The van der Waals surface area contributed by atoms with E-state index in [4.69, 9.17) is 21.7 Å². The highest BCUT2D eigenvalue weighted by Gasteiger charge is 2.36. The van der Waals surface area contributed by atoms with Crippen molar-refractivity contribution in [3.05, 3.63) is 87.8 Å². The summed E-state index contributed by atoms with van der Waals surface area (Å²) in [6.45, 7) is 5.71. The third kappa shape index (κ3) is 6.83. The van der Waals surface area contributed by atoms with E-state index in [0.29, 0.717) is 29.4 Å². The van der Waals surface area contributed by atoms with Gasteiger partial charge in [-0.3, -0.25) is 14.5 Å². The first kappa shape index (κ1) is 29.2. The minimum absolute atomic E-state index is 0.0404. The molecular formula is C29H25F3N2O4S2. The van der Waals surface area contributed by atoms with E-state index in [2.05, 4.69) is 5.32 Å². The topological polar surface area (TPSA) is 67.9 Å². The Hall–Kier alpha value is -3.83. The molecule has 1 aliphatic rings. The summed E-state index contributed by atoms with van der Waals surface area (Å²) >= 11 is 6.29. The molecule has 208 valence electrons. The number of alkyl halides is 3. The summed E-state index contributed by atoms with van der Waals surface area (Å²) in [7, 11) is 0. The van der Waals surface area contributed by atoms with Gasteiger partial charge in [-0.1, -0.05) is 48.2 Å². The number of anilines is 2. The molecule has 11 heteroatoms. The van der Waals surface area contributed by atoms with E-state index in [1.165, 1.54) is 12.1 Å². The number of benzene rings is 3. The Balaban J connectivity index is 1.50. The molecule has 0 radical (unpaired) electrons. The molecule has 40 heavy (non-hydrogen) atoms. The van der Waals surface area contributed by atoms with Gasteiger partial charge in [0.25, 0.3) is 11.8 Å². The normalized spacial score (nSPS) is 14.6. The second-order valence-electron chi connectivity index (χ2n) is 8.86. The van der Waals surface area contributed by atoms with Crippen LogP contribution in [0.5, 0.6) is 11.5 Å². The minimum Gasteiger partial charge on any atom is -0.490 e. The van der Waals surface area contributed by atoms with Crippen LogP contribution in [0.4, 0.5) is 24.5 Å². The van der Waals surface area contributed by atoms with Crippen LogP contribution >= 0.6 is 24.0 Å². The summed E-state index contributed by atoms with van der Waals surface area (Å²) in [6.07, 6.45) is -2.97. The van der Waals surface area contributed by atoms with Crippen LogP contribution in [-0.4, -0.2) is 29.3 Å². The molecule has 0 aromatic heterocycles. The highest BCUT2D eigenvalue weighted by Crippen LogP contribution is 2.39. The Bertz CT molecular complexity index is 1500. The number of thiocarbonyl (C=S) groups is 1. The lowest BCUT2D eigenvalue weighted by molar-refractivity contribution is -0.137. The lowest BCUT2D eigenvalue weighted by Crippen LogP contribution is -2.27. The lowest BCUT2D eigenvalue weighted by Gasteiger charge is -2.16. The van der Waals surface area contributed by atoms with Gasteiger partial charge in [-0.2, -0.15) is 13.2 Å². The molecule has 0 unspecified atom stereocenters. The van der Waals surface area contributed by atoms with Gasteiger partial charge in [-0.15, -0.1) is 0 Å². The molecule has 1 aliphatic heterocycles. The number of rotatable bonds is 8. The summed E-state index contributed by atoms with van der Waals surface area (Å²) in [6, 6.07) is 15.2. The number of carbonyl (C=O) groups is 2. The Labute approximate surface area is 239 Å². The van der Waals surface area contributed by atoms with Gasteiger partial charge in [0, 0.05) is 5.69 Å². The Morgan fingerprint density at radius 2 is 1.82 bits per heavy atom. The van der Waals surface area contributed by atoms with Gasteiger partial charge in [0.05, 0.1) is 22.8 Å². The molecule has 0 saturated carbocycles. The number of aryl methyl sites for hydroxylation is 2. The Morgan fingerprint density at radius 3 is 2.55 bits per heavy atom. The fourth-order valence-corrected chi connectivity index (χ4v) is 5.16. The molecule has 3 aromatic rings. The van der Waals surface area contributed by atoms with Crippen molar-refractivity contribution in [3.63, 3.8) is 0 Å². The summed E-state index contributed by atoms with van der Waals surface area (Å²) in [5, 5.41) is 2.84. The fraction of sp³-hybridized carbons (Fsp3) is 0.207. The van der Waals surface area contributed by atoms with E-state index in [1.54, 1.807) is 31.2 Å². The largest absolute Gasteiger partial charge is 0.490 e. The Morgan fingerprint density at radius 1 is 1.05 bits per heavy atom. The molecule has 1 N–H and O–H groups in total. The summed E-state index contributed by atoms with van der Waals surface area (Å²) in [5.74, 6) is -0.162. The van der Waals surface area contributed by atoms with Gasteiger partial charge in [-0.25, -0.2) is 0 Å². The quantitative estimate of drug-likeness (QED) is 0.224. The number of thioether (sulfide) groups is 1. The van der Waals surface area contributed by atoms with Crippen LogP contribution in [0.1, 0.15) is 29.2 Å². The second kappa shape index (κ2) is 12.1. The van der Waals surface area contributed by atoms with Crippen LogP contribution in [0.3, 0.4) is 0 Å². The number of nitrogens with zero attached hydrogens (tertiary/aromatic N) is 1. The molecule has 1 saturated heterocycles. The van der Waals surface area contributed by atoms with Gasteiger partial charge in [0.1, 0.15) is 0 Å². The average Bonchev–Trinajstić information content (AvgIpc) is 3.17. The molecule has 1 heterocycles. The lowest BCUT2D eigenvalue weighted by atomic mass is 10.1. The minimum atomic E-state index is -4.55. The third-order valence-electron chi connectivity index (χ3n) is 5.82. The maximum atomic E-state index is 13.2. The number of halogens is 3. The molecule has 0 bridgehead atoms. The number of hydrogen-bond donors (Lipinski definition) is 1. The first-order valence-electron chi connectivity index (χ1n) is 12.2. The standard InChI is InChI=1S/C29H25F3N2O4S2/c1-4-37-24-13-19(10-11-23(24)38-16-26(35)33-22-12-17(2)8-9-18(22)3)14-25-27(36)34(28(39)40-25)21-7-5-6-20(15-21)29(30,31)32/h5-15H,4,16H2,1-3H3,(H,33,35)/b25-14-. The summed E-state index contributed by atoms with van der Waals surface area (Å²) in [5.41, 5.74) is 2.40. The van der Waals surface area contributed by atoms with Crippen molar-refractivity contribution in [2.75, 3.05) is 23.4 Å². The molecule has 4 rings (SSSR count). The zero-order valence-electron chi connectivity index (χ0n) is 21.8. The van der Waals surface area contributed by atoms with Crippen molar-refractivity contribution < 1.29 is 32.2 Å². The van der Waals surface area contributed by atoms with Crippen LogP contribution in [-0.2, 0) is 15.8 Å². The van der Waals surface area contributed by atoms with Gasteiger partial charge in [0.2, 0.25) is 0 Å². The smallest absolute Gasteiger partial charge is 0.416 e. The molecule has 0 atom stereocenters. The summed E-state index contributed by atoms with van der Waals surface area (Å²) < 4.78 is 51.1. The van der Waals surface area contributed by atoms with Gasteiger partial charge in [-0.05, 0) is 79.9 Å². The second-order valence-corrected chi connectivity index (χ2v) is 10.5. The van der Waals surface area contributed by atoms with Crippen molar-refractivity contribution in [2.45, 2.75) is 26.9 Å². The third-order valence-corrected chi connectivity index (χ3v) is 7.12. The number of hydrogen-bond acceptors (Lipinski definition) is 6. The predicted molar refractivity (Wildman–Crippen MR) is 155 cm³/mol. The first-order valence-corrected chi connectivity index (χ1v) is 13.4. The zero-order chi connectivity index (χ0) is 29.0. The van der Waals surface area contributed by atoms with E-state index >= 15 is 0 Å². The van der Waals surface area contributed by atoms with Gasteiger partial charge < -0.3 is 14.8 Å². The maximum Gasteiger partial charge on any atom is 0.416 e. The van der Waals surface area contributed by atoms with E-state index < -0.39 is 17.6 Å². The first-order chi connectivity index (χ1) is 19.0. The van der Waals surface area contributed by atoms with Crippen molar-refractivity contribution >= 4 is 57.6 Å². The monoisotopic (exact) mass is 586 g/mol. The summed E-state index contributed by atoms with van der Waals surface area (Å²) in [4.78, 5) is 26.9. The molecule has 0 spiro atoms. The van der Waals surface area contributed by atoms with Gasteiger partial charge in [0.15, 0.2) is 22.4 Å². The molecule has 2 amide bonds. The highest BCUT2D eigenvalue weighted by atomic mass is 32.2. The van der Waals surface area contributed by atoms with Crippen LogP contribution in [0.2, 0.25) is 0 Å². The van der Waals surface area contributed by atoms with E-state index in [9.17, 15) is 22.8 Å². The number of amides is 2. The zero-order valence-corrected chi connectivity index (χ0v) is 23.4. The molecule has 6 nitrogen and oxygen atoms in total. The van der Waals surface area contributed by atoms with Gasteiger partial charge >= 0.3 is 6.18 Å². The maximum absolute atomic E-state index is 13.2. The Kier molecular flexibility index (Phi) is 8.85. The molecular weight excluding hydrogens is 561 g/mol. The number of carbonyl (C=O) groups excluding carboxylic acids is 2. The SMILES string of the molecule is CCOc1cc(/C=C2\SC(=S)N(c3cccc(C(F)(F)F)c3)C2=O)ccc1OCC(=O)Nc1cc(C)ccc1C. The van der Waals surface area contributed by atoms with Crippen LogP contribution < -0.4 is 19.7 Å². The fourth-order valence-electron chi connectivity index (χ4n) is 3.87. The van der Waals surface area contributed by atoms with Crippen LogP contribution in [0.15, 0.2) is 65.6 Å². The van der Waals surface area contributed by atoms with Crippen molar-refractivity contribution in [1.82, 2.24) is 0 Å². The number of ether oxygens (including phenoxy) is 2. The highest BCUT2D eigenvalue weighted by molar-refractivity contribution is 8.27.